The number of hydrogen-bond donors (Lipinski definition) is 0. The van der Waals surface area contributed by atoms with E-state index >= 15 is 0 Å². The summed E-state index contributed by atoms with van der Waals surface area (Å²) in [6.07, 6.45) is 1.72. The zero-order valence-corrected chi connectivity index (χ0v) is 13.8. The molecule has 0 bridgehead atoms. The van der Waals surface area contributed by atoms with Gasteiger partial charge in [-0.2, -0.15) is 0 Å². The molecule has 0 saturated carbocycles. The molecule has 0 N–H and O–H groups in total. The second-order valence-electron chi connectivity index (χ2n) is 5.65. The Morgan fingerprint density at radius 3 is 2.44 bits per heavy atom. The lowest BCUT2D eigenvalue weighted by Gasteiger charge is -2.07. The first-order valence-electron chi connectivity index (χ1n) is 8.02. The summed E-state index contributed by atoms with van der Waals surface area (Å²) in [5.74, 6) is 2.87. The molecule has 0 unspecified atom stereocenters. The van der Waals surface area contributed by atoms with Crippen LogP contribution in [-0.4, -0.2) is 12.1 Å². The fourth-order valence-corrected chi connectivity index (χ4v) is 2.68. The highest BCUT2D eigenvalue weighted by molar-refractivity contribution is 5.85. The van der Waals surface area contributed by atoms with Crippen LogP contribution < -0.4 is 9.47 Å². The first kappa shape index (κ1) is 15.3. The van der Waals surface area contributed by atoms with Crippen molar-refractivity contribution in [2.45, 2.75) is 6.61 Å². The van der Waals surface area contributed by atoms with Gasteiger partial charge in [0.2, 0.25) is 5.89 Å². The van der Waals surface area contributed by atoms with Crippen LogP contribution in [-0.2, 0) is 6.61 Å². The molecule has 0 aliphatic rings. The van der Waals surface area contributed by atoms with Gasteiger partial charge in [-0.1, -0.05) is 42.5 Å². The van der Waals surface area contributed by atoms with Crippen molar-refractivity contribution in [3.63, 3.8) is 0 Å². The van der Waals surface area contributed by atoms with Gasteiger partial charge in [-0.25, -0.2) is 4.98 Å². The summed E-state index contributed by atoms with van der Waals surface area (Å²) in [7, 11) is 1.66. The van der Waals surface area contributed by atoms with E-state index in [0.29, 0.717) is 5.89 Å². The Balaban J connectivity index is 1.49. The van der Waals surface area contributed by atoms with Crippen LogP contribution in [0.1, 0.15) is 5.89 Å². The SMILES string of the molecule is COc1ccc2ccc(OCc3ncc(-c4ccccc4)o3)cc2c1. The van der Waals surface area contributed by atoms with Gasteiger partial charge in [-0.15, -0.1) is 0 Å². The van der Waals surface area contributed by atoms with Crippen LogP contribution in [0.15, 0.2) is 77.3 Å². The molecule has 0 fully saturated rings. The first-order chi connectivity index (χ1) is 12.3. The number of methoxy groups -OCH3 is 1. The molecule has 3 aromatic carbocycles. The number of rotatable bonds is 5. The molecule has 4 aromatic rings. The minimum atomic E-state index is 0.280. The zero-order chi connectivity index (χ0) is 17.1. The molecule has 1 heterocycles. The van der Waals surface area contributed by atoms with Crippen molar-refractivity contribution < 1.29 is 13.9 Å². The van der Waals surface area contributed by atoms with Crippen LogP contribution in [0.3, 0.4) is 0 Å². The normalized spacial score (nSPS) is 10.8. The maximum atomic E-state index is 5.83. The molecule has 25 heavy (non-hydrogen) atoms. The molecule has 1 aromatic heterocycles. The average Bonchev–Trinajstić information content (AvgIpc) is 3.15. The van der Waals surface area contributed by atoms with Crippen molar-refractivity contribution in [3.8, 4) is 22.8 Å². The van der Waals surface area contributed by atoms with Crippen molar-refractivity contribution in [2.75, 3.05) is 7.11 Å². The Bertz CT molecular complexity index is 992. The van der Waals surface area contributed by atoms with Crippen LogP contribution in [0.2, 0.25) is 0 Å². The summed E-state index contributed by atoms with van der Waals surface area (Å²) in [5.41, 5.74) is 0.999. The summed E-state index contributed by atoms with van der Waals surface area (Å²) in [6, 6.07) is 21.8. The number of oxazole rings is 1. The molecule has 0 aliphatic carbocycles. The molecular weight excluding hydrogens is 314 g/mol. The molecule has 0 saturated heterocycles. The maximum absolute atomic E-state index is 5.83. The van der Waals surface area contributed by atoms with Gasteiger partial charge in [-0.3, -0.25) is 0 Å². The molecule has 0 radical (unpaired) electrons. The highest BCUT2D eigenvalue weighted by atomic mass is 16.5. The molecule has 0 atom stereocenters. The lowest BCUT2D eigenvalue weighted by molar-refractivity contribution is 0.265. The van der Waals surface area contributed by atoms with Crippen molar-refractivity contribution in [1.29, 1.82) is 0 Å². The van der Waals surface area contributed by atoms with E-state index in [1.54, 1.807) is 13.3 Å². The zero-order valence-electron chi connectivity index (χ0n) is 13.8. The monoisotopic (exact) mass is 331 g/mol. The van der Waals surface area contributed by atoms with E-state index in [4.69, 9.17) is 13.9 Å². The highest BCUT2D eigenvalue weighted by Gasteiger charge is 2.07. The molecule has 4 rings (SSSR count). The van der Waals surface area contributed by atoms with Crippen LogP contribution in [0, 0.1) is 0 Å². The molecule has 4 heteroatoms. The lowest BCUT2D eigenvalue weighted by atomic mass is 10.1. The third-order valence-corrected chi connectivity index (χ3v) is 3.99. The van der Waals surface area contributed by atoms with Gasteiger partial charge < -0.3 is 13.9 Å². The molecule has 0 amide bonds. The lowest BCUT2D eigenvalue weighted by Crippen LogP contribution is -1.95. The standard InChI is InChI=1S/C21H17NO3/c1-23-18-9-7-15-8-10-19(12-17(15)11-18)24-14-21-22-13-20(25-21)16-5-3-2-4-6-16/h2-13H,14H2,1H3. The summed E-state index contributed by atoms with van der Waals surface area (Å²) in [5, 5.41) is 2.20. The van der Waals surface area contributed by atoms with Gasteiger partial charge in [0, 0.05) is 5.56 Å². The van der Waals surface area contributed by atoms with Gasteiger partial charge in [-0.05, 0) is 35.0 Å². The van der Waals surface area contributed by atoms with Crippen molar-refractivity contribution in [1.82, 2.24) is 4.98 Å². The Labute approximate surface area is 145 Å². The van der Waals surface area contributed by atoms with Crippen molar-refractivity contribution >= 4 is 10.8 Å². The number of fused-ring (bicyclic) bond motifs is 1. The van der Waals surface area contributed by atoms with E-state index in [-0.39, 0.29) is 6.61 Å². The summed E-state index contributed by atoms with van der Waals surface area (Å²) < 4.78 is 16.9. The number of ether oxygens (including phenoxy) is 2. The van der Waals surface area contributed by atoms with Crippen LogP contribution in [0.25, 0.3) is 22.1 Å². The number of hydrogen-bond acceptors (Lipinski definition) is 4. The topological polar surface area (TPSA) is 44.5 Å². The molecule has 0 aliphatic heterocycles. The van der Waals surface area contributed by atoms with E-state index in [2.05, 4.69) is 4.98 Å². The molecule has 4 nitrogen and oxygen atoms in total. The highest BCUT2D eigenvalue weighted by Crippen LogP contribution is 2.26. The molecule has 0 spiro atoms. The summed E-state index contributed by atoms with van der Waals surface area (Å²) >= 11 is 0. The first-order valence-corrected chi connectivity index (χ1v) is 8.02. The van der Waals surface area contributed by atoms with E-state index in [1.807, 2.05) is 66.7 Å². The van der Waals surface area contributed by atoms with Crippen LogP contribution in [0.5, 0.6) is 11.5 Å². The van der Waals surface area contributed by atoms with Crippen molar-refractivity contribution in [2.24, 2.45) is 0 Å². The quantitative estimate of drug-likeness (QED) is 0.511. The Morgan fingerprint density at radius 1 is 0.880 bits per heavy atom. The summed E-state index contributed by atoms with van der Waals surface area (Å²) in [4.78, 5) is 4.29. The Morgan fingerprint density at radius 2 is 1.64 bits per heavy atom. The van der Waals surface area contributed by atoms with E-state index in [1.165, 1.54) is 0 Å². The minimum Gasteiger partial charge on any atom is -0.497 e. The van der Waals surface area contributed by atoms with E-state index < -0.39 is 0 Å². The Hall–Kier alpha value is -3.27. The fourth-order valence-electron chi connectivity index (χ4n) is 2.68. The fraction of sp³-hybridized carbons (Fsp3) is 0.0952. The van der Waals surface area contributed by atoms with E-state index in [0.717, 1.165) is 33.6 Å². The number of nitrogens with zero attached hydrogens (tertiary/aromatic N) is 1. The van der Waals surface area contributed by atoms with Gasteiger partial charge in [0.05, 0.1) is 13.3 Å². The van der Waals surface area contributed by atoms with Gasteiger partial charge in [0.15, 0.2) is 12.4 Å². The Kier molecular flexibility index (Phi) is 4.09. The van der Waals surface area contributed by atoms with Crippen LogP contribution >= 0.6 is 0 Å². The van der Waals surface area contributed by atoms with Gasteiger partial charge in [0.25, 0.3) is 0 Å². The smallest absolute Gasteiger partial charge is 0.232 e. The largest absolute Gasteiger partial charge is 0.497 e. The third kappa shape index (κ3) is 3.33. The average molecular weight is 331 g/mol. The molecular formula is C21H17NO3. The van der Waals surface area contributed by atoms with Crippen molar-refractivity contribution in [3.05, 3.63) is 78.8 Å². The number of benzene rings is 3. The van der Waals surface area contributed by atoms with E-state index in [9.17, 15) is 0 Å². The second kappa shape index (κ2) is 6.69. The predicted molar refractivity (Wildman–Crippen MR) is 96.8 cm³/mol. The second-order valence-corrected chi connectivity index (χ2v) is 5.65. The predicted octanol–water partition coefficient (Wildman–Crippen LogP) is 5.08. The van der Waals surface area contributed by atoms with Gasteiger partial charge >= 0.3 is 0 Å². The molecule has 124 valence electrons. The maximum Gasteiger partial charge on any atom is 0.232 e. The van der Waals surface area contributed by atoms with Gasteiger partial charge in [0.1, 0.15) is 11.5 Å². The third-order valence-electron chi connectivity index (χ3n) is 3.99. The number of aromatic nitrogens is 1. The minimum absolute atomic E-state index is 0.280. The van der Waals surface area contributed by atoms with Crippen LogP contribution in [0.4, 0.5) is 0 Å². The summed E-state index contributed by atoms with van der Waals surface area (Å²) in [6.45, 7) is 0.280.